The van der Waals surface area contributed by atoms with Crippen molar-refractivity contribution in [2.75, 3.05) is 0 Å². The smallest absolute Gasteiger partial charge is 0.207 e. The van der Waals surface area contributed by atoms with Gasteiger partial charge in [-0.05, 0) is 47.5 Å². The van der Waals surface area contributed by atoms with Crippen LogP contribution in [0.15, 0.2) is 27.6 Å². The average Bonchev–Trinajstić information content (AvgIpc) is 2.80. The van der Waals surface area contributed by atoms with Crippen molar-refractivity contribution in [2.24, 2.45) is 0 Å². The zero-order valence-electron chi connectivity index (χ0n) is 10.3. The van der Waals surface area contributed by atoms with Gasteiger partial charge in [-0.15, -0.1) is 10.2 Å². The number of hydrogen-bond donors (Lipinski definition) is 2. The summed E-state index contributed by atoms with van der Waals surface area (Å²) in [5, 5.41) is 13.2. The average molecular weight is 346 g/mol. The lowest BCUT2D eigenvalue weighted by Gasteiger charge is -2.12. The van der Waals surface area contributed by atoms with Gasteiger partial charge in [0.05, 0.1) is 10.9 Å². The van der Waals surface area contributed by atoms with Crippen LogP contribution in [0.1, 0.15) is 24.4 Å². The minimum absolute atomic E-state index is 0.174. The molecular weight excluding hydrogens is 334 g/mol. The maximum Gasteiger partial charge on any atom is 0.242 e. The lowest BCUT2D eigenvalue weighted by Crippen LogP contribution is -2.28. The van der Waals surface area contributed by atoms with E-state index < -0.39 is 16.1 Å². The highest BCUT2D eigenvalue weighted by atomic mass is 79.9. The fourth-order valence-electron chi connectivity index (χ4n) is 1.53. The van der Waals surface area contributed by atoms with Crippen molar-refractivity contribution in [3.63, 3.8) is 0 Å². The summed E-state index contributed by atoms with van der Waals surface area (Å²) >= 11 is 3.25. The van der Waals surface area contributed by atoms with Crippen molar-refractivity contribution in [3.8, 4) is 0 Å². The lowest BCUT2D eigenvalue weighted by atomic mass is 10.2. The number of H-pyrrole nitrogens is 1. The molecular formula is C10H12BrN5O2S. The Labute approximate surface area is 119 Å². The molecule has 102 valence electrons. The van der Waals surface area contributed by atoms with Crippen LogP contribution in [0, 0.1) is 6.92 Å². The molecule has 1 heterocycles. The molecule has 0 aliphatic carbocycles. The third kappa shape index (κ3) is 3.17. The van der Waals surface area contributed by atoms with Crippen molar-refractivity contribution >= 4 is 26.0 Å². The predicted molar refractivity (Wildman–Crippen MR) is 71.8 cm³/mol. The van der Waals surface area contributed by atoms with Crippen LogP contribution in [0.5, 0.6) is 0 Å². The molecule has 0 amide bonds. The second-order valence-corrected chi connectivity index (χ2v) is 6.58. The quantitative estimate of drug-likeness (QED) is 0.869. The summed E-state index contributed by atoms with van der Waals surface area (Å²) < 4.78 is 27.5. The highest BCUT2D eigenvalue weighted by Crippen LogP contribution is 2.24. The van der Waals surface area contributed by atoms with Gasteiger partial charge in [-0.25, -0.2) is 13.1 Å². The number of aromatic nitrogens is 4. The van der Waals surface area contributed by atoms with E-state index >= 15 is 0 Å². The molecule has 0 fully saturated rings. The SMILES string of the molecule is Cc1ccc(S(=O)(=O)NC(C)c2nn[nH]n2)c(Br)c1. The van der Waals surface area contributed by atoms with E-state index in [0.717, 1.165) is 5.56 Å². The normalized spacial score (nSPS) is 13.4. The van der Waals surface area contributed by atoms with Gasteiger partial charge in [-0.1, -0.05) is 11.3 Å². The second kappa shape index (κ2) is 5.35. The molecule has 7 nitrogen and oxygen atoms in total. The van der Waals surface area contributed by atoms with Gasteiger partial charge in [-0.3, -0.25) is 0 Å². The van der Waals surface area contributed by atoms with E-state index in [4.69, 9.17) is 0 Å². The van der Waals surface area contributed by atoms with Gasteiger partial charge in [0, 0.05) is 4.47 Å². The Morgan fingerprint density at radius 3 is 2.74 bits per heavy atom. The Bertz CT molecular complexity index is 671. The van der Waals surface area contributed by atoms with Crippen LogP contribution in [0.25, 0.3) is 0 Å². The number of nitrogens with zero attached hydrogens (tertiary/aromatic N) is 3. The van der Waals surface area contributed by atoms with E-state index in [2.05, 4.69) is 41.3 Å². The molecule has 2 rings (SSSR count). The molecule has 19 heavy (non-hydrogen) atoms. The molecule has 2 aromatic rings. The van der Waals surface area contributed by atoms with Crippen molar-refractivity contribution in [1.82, 2.24) is 25.3 Å². The first-order valence-corrected chi connectivity index (χ1v) is 7.69. The van der Waals surface area contributed by atoms with Crippen LogP contribution in [-0.4, -0.2) is 29.0 Å². The number of aromatic amines is 1. The molecule has 0 saturated carbocycles. The van der Waals surface area contributed by atoms with Crippen LogP contribution < -0.4 is 4.72 Å². The Kier molecular flexibility index (Phi) is 3.97. The zero-order valence-corrected chi connectivity index (χ0v) is 12.7. The molecule has 1 atom stereocenters. The molecule has 1 aromatic carbocycles. The largest absolute Gasteiger partial charge is 0.242 e. The van der Waals surface area contributed by atoms with Crippen molar-refractivity contribution < 1.29 is 8.42 Å². The number of aryl methyl sites for hydroxylation is 1. The van der Waals surface area contributed by atoms with E-state index in [9.17, 15) is 8.42 Å². The Morgan fingerprint density at radius 2 is 2.16 bits per heavy atom. The molecule has 1 unspecified atom stereocenters. The van der Waals surface area contributed by atoms with Crippen molar-refractivity contribution in [1.29, 1.82) is 0 Å². The van der Waals surface area contributed by atoms with E-state index in [1.54, 1.807) is 25.1 Å². The Balaban J connectivity index is 2.28. The second-order valence-electron chi connectivity index (χ2n) is 4.05. The van der Waals surface area contributed by atoms with E-state index in [0.29, 0.717) is 4.47 Å². The maximum absolute atomic E-state index is 12.2. The number of benzene rings is 1. The summed E-state index contributed by atoms with van der Waals surface area (Å²) in [6.45, 7) is 3.53. The highest BCUT2D eigenvalue weighted by molar-refractivity contribution is 9.10. The fraction of sp³-hybridized carbons (Fsp3) is 0.300. The maximum atomic E-state index is 12.2. The molecule has 0 aliphatic rings. The van der Waals surface area contributed by atoms with E-state index in [-0.39, 0.29) is 10.7 Å². The molecule has 1 aromatic heterocycles. The summed E-state index contributed by atoms with van der Waals surface area (Å²) in [4.78, 5) is 0.174. The van der Waals surface area contributed by atoms with Gasteiger partial charge in [-0.2, -0.15) is 5.21 Å². The molecule has 0 radical (unpaired) electrons. The van der Waals surface area contributed by atoms with Gasteiger partial charge in [0.2, 0.25) is 10.0 Å². The Morgan fingerprint density at radius 1 is 1.42 bits per heavy atom. The molecule has 9 heteroatoms. The predicted octanol–water partition coefficient (Wildman–Crippen LogP) is 1.31. The van der Waals surface area contributed by atoms with Crippen LogP contribution in [-0.2, 0) is 10.0 Å². The summed E-state index contributed by atoms with van der Waals surface area (Å²) in [6.07, 6.45) is 0. The molecule has 0 bridgehead atoms. The van der Waals surface area contributed by atoms with Crippen molar-refractivity contribution in [2.45, 2.75) is 24.8 Å². The van der Waals surface area contributed by atoms with Crippen LogP contribution in [0.4, 0.5) is 0 Å². The first kappa shape index (κ1) is 14.1. The fourth-order valence-corrected chi connectivity index (χ4v) is 3.92. The monoisotopic (exact) mass is 345 g/mol. The van der Waals surface area contributed by atoms with Crippen LogP contribution in [0.3, 0.4) is 0 Å². The van der Waals surface area contributed by atoms with Gasteiger partial charge >= 0.3 is 0 Å². The first-order chi connectivity index (χ1) is 8.90. The minimum atomic E-state index is -3.65. The van der Waals surface area contributed by atoms with E-state index in [1.165, 1.54) is 0 Å². The molecule has 0 aliphatic heterocycles. The van der Waals surface area contributed by atoms with Crippen molar-refractivity contribution in [3.05, 3.63) is 34.1 Å². The third-order valence-electron chi connectivity index (χ3n) is 2.46. The highest BCUT2D eigenvalue weighted by Gasteiger charge is 2.22. The summed E-state index contributed by atoms with van der Waals surface area (Å²) in [5.41, 5.74) is 0.969. The van der Waals surface area contributed by atoms with Gasteiger partial charge in [0.25, 0.3) is 0 Å². The van der Waals surface area contributed by atoms with Crippen LogP contribution >= 0.6 is 15.9 Å². The van der Waals surface area contributed by atoms with Gasteiger partial charge in [0.15, 0.2) is 5.82 Å². The summed E-state index contributed by atoms with van der Waals surface area (Å²) in [6, 6.07) is 4.45. The van der Waals surface area contributed by atoms with Gasteiger partial charge in [0.1, 0.15) is 0 Å². The molecule has 0 saturated heterocycles. The van der Waals surface area contributed by atoms with Crippen LogP contribution in [0.2, 0.25) is 0 Å². The number of sulfonamides is 1. The lowest BCUT2D eigenvalue weighted by molar-refractivity contribution is 0.559. The standard InChI is InChI=1S/C10H12BrN5O2S/c1-6-3-4-9(8(11)5-6)19(17,18)14-7(2)10-12-15-16-13-10/h3-5,7,14H,1-2H3,(H,12,13,15,16). The number of tetrazole rings is 1. The Hall–Kier alpha value is -1.32. The number of hydrogen-bond acceptors (Lipinski definition) is 5. The van der Waals surface area contributed by atoms with Gasteiger partial charge < -0.3 is 0 Å². The topological polar surface area (TPSA) is 101 Å². The van der Waals surface area contributed by atoms with E-state index in [1.807, 2.05) is 6.92 Å². The third-order valence-corrected chi connectivity index (χ3v) is 4.98. The zero-order chi connectivity index (χ0) is 14.0. The minimum Gasteiger partial charge on any atom is -0.207 e. The summed E-state index contributed by atoms with van der Waals surface area (Å²) in [7, 11) is -3.65. The number of rotatable bonds is 4. The molecule has 2 N–H and O–H groups in total. The molecule has 0 spiro atoms. The number of halogens is 1. The summed E-state index contributed by atoms with van der Waals surface area (Å²) in [5.74, 6) is 0.284. The number of nitrogens with one attached hydrogen (secondary N) is 2. The first-order valence-electron chi connectivity index (χ1n) is 5.42.